The predicted molar refractivity (Wildman–Crippen MR) is 116 cm³/mol. The molecule has 1 amide bonds. The van der Waals surface area contributed by atoms with Crippen molar-refractivity contribution in [3.63, 3.8) is 0 Å². The summed E-state index contributed by atoms with van der Waals surface area (Å²) in [6, 6.07) is 20.3. The lowest BCUT2D eigenvalue weighted by Crippen LogP contribution is -2.24. The zero-order chi connectivity index (χ0) is 21.3. The Hall–Kier alpha value is -3.35. The minimum atomic E-state index is -0.462. The molecule has 0 unspecified atom stereocenters. The molecule has 0 saturated heterocycles. The number of hydrogen-bond donors (Lipinski definition) is 1. The number of rotatable bonds is 7. The van der Waals surface area contributed by atoms with E-state index in [1.54, 1.807) is 66.7 Å². The first kappa shape index (κ1) is 21.4. The Morgan fingerprint density at radius 2 is 1.67 bits per heavy atom. The molecule has 0 radical (unpaired) electrons. The van der Waals surface area contributed by atoms with Crippen LogP contribution >= 0.6 is 23.2 Å². The van der Waals surface area contributed by atoms with Gasteiger partial charge in [0.2, 0.25) is 0 Å². The minimum Gasteiger partial charge on any atom is -0.482 e. The molecule has 3 aromatic rings. The zero-order valence-corrected chi connectivity index (χ0v) is 17.1. The van der Waals surface area contributed by atoms with E-state index in [0.29, 0.717) is 27.6 Å². The van der Waals surface area contributed by atoms with Gasteiger partial charge >= 0.3 is 5.97 Å². The molecule has 1 N–H and O–H groups in total. The van der Waals surface area contributed by atoms with Crippen LogP contribution in [0.5, 0.6) is 11.5 Å². The third kappa shape index (κ3) is 6.07. The highest BCUT2D eigenvalue weighted by atomic mass is 35.5. The molecule has 0 aliphatic heterocycles. The van der Waals surface area contributed by atoms with Crippen LogP contribution in [-0.2, 0) is 4.79 Å². The molecule has 0 spiro atoms. The van der Waals surface area contributed by atoms with Gasteiger partial charge in [-0.3, -0.25) is 4.79 Å². The quantitative estimate of drug-likeness (QED) is 0.248. The second-order valence-electron chi connectivity index (χ2n) is 5.96. The molecule has 0 bridgehead atoms. The van der Waals surface area contributed by atoms with Gasteiger partial charge in [-0.2, -0.15) is 5.10 Å². The maximum absolute atomic E-state index is 12.0. The van der Waals surface area contributed by atoms with Gasteiger partial charge in [0.1, 0.15) is 16.5 Å². The van der Waals surface area contributed by atoms with Crippen molar-refractivity contribution >= 4 is 41.3 Å². The molecular weight excluding hydrogens is 427 g/mol. The maximum atomic E-state index is 12.0. The summed E-state index contributed by atoms with van der Waals surface area (Å²) in [5.41, 5.74) is 3.52. The van der Waals surface area contributed by atoms with Crippen molar-refractivity contribution in [2.75, 3.05) is 6.61 Å². The van der Waals surface area contributed by atoms with Gasteiger partial charge in [-0.25, -0.2) is 10.2 Å². The summed E-state index contributed by atoms with van der Waals surface area (Å²) in [5.74, 6) is -0.194. The van der Waals surface area contributed by atoms with Gasteiger partial charge in [-0.1, -0.05) is 47.5 Å². The van der Waals surface area contributed by atoms with Crippen molar-refractivity contribution in [3.8, 4) is 11.5 Å². The van der Waals surface area contributed by atoms with E-state index in [2.05, 4.69) is 10.5 Å². The Morgan fingerprint density at radius 3 is 2.40 bits per heavy atom. The number of ether oxygens (including phenoxy) is 2. The zero-order valence-electron chi connectivity index (χ0n) is 15.5. The van der Waals surface area contributed by atoms with E-state index in [9.17, 15) is 9.59 Å². The average Bonchev–Trinajstić information content (AvgIpc) is 2.76. The molecular formula is C22H16Cl2N2O4. The van der Waals surface area contributed by atoms with Crippen LogP contribution in [0.25, 0.3) is 0 Å². The molecule has 30 heavy (non-hydrogen) atoms. The fourth-order valence-corrected chi connectivity index (χ4v) is 2.66. The summed E-state index contributed by atoms with van der Waals surface area (Å²) in [6.07, 6.45) is 1.45. The molecule has 0 aromatic heterocycles. The van der Waals surface area contributed by atoms with E-state index < -0.39 is 11.9 Å². The topological polar surface area (TPSA) is 77.0 Å². The number of amides is 1. The molecule has 152 valence electrons. The second kappa shape index (κ2) is 10.4. The predicted octanol–water partition coefficient (Wildman–Crippen LogP) is 4.74. The molecule has 3 aromatic carbocycles. The van der Waals surface area contributed by atoms with Crippen molar-refractivity contribution < 1.29 is 19.1 Å². The first-order valence-corrected chi connectivity index (χ1v) is 9.54. The Labute approximate surface area is 183 Å². The summed E-state index contributed by atoms with van der Waals surface area (Å²) in [5, 5.41) is 4.44. The molecule has 3 rings (SSSR count). The smallest absolute Gasteiger partial charge is 0.343 e. The van der Waals surface area contributed by atoms with E-state index in [4.69, 9.17) is 32.7 Å². The fourth-order valence-electron chi connectivity index (χ4n) is 2.31. The summed E-state index contributed by atoms with van der Waals surface area (Å²) in [4.78, 5) is 23.9. The molecule has 0 aliphatic rings. The standard InChI is InChI=1S/C22H16Cl2N2O4/c23-18-7-4-8-19(21(18)24)29-14-20(27)26-25-13-15-9-11-17(12-10-15)30-22(28)16-5-2-1-3-6-16/h1-13H,14H2,(H,26,27)/b25-13+. The summed E-state index contributed by atoms with van der Waals surface area (Å²) < 4.78 is 10.6. The highest BCUT2D eigenvalue weighted by Gasteiger charge is 2.08. The number of hydrogen-bond acceptors (Lipinski definition) is 5. The van der Waals surface area contributed by atoms with Crippen molar-refractivity contribution in [2.24, 2.45) is 5.10 Å². The van der Waals surface area contributed by atoms with Gasteiger partial charge in [0.15, 0.2) is 6.61 Å². The maximum Gasteiger partial charge on any atom is 0.343 e. The van der Waals surface area contributed by atoms with Crippen LogP contribution in [0.4, 0.5) is 0 Å². The number of carbonyl (C=O) groups excluding carboxylic acids is 2. The number of esters is 1. The number of benzene rings is 3. The van der Waals surface area contributed by atoms with E-state index >= 15 is 0 Å². The van der Waals surface area contributed by atoms with Gasteiger partial charge in [0.05, 0.1) is 16.8 Å². The van der Waals surface area contributed by atoms with Gasteiger partial charge in [0.25, 0.3) is 5.91 Å². The number of hydrazone groups is 1. The lowest BCUT2D eigenvalue weighted by atomic mass is 10.2. The molecule has 0 fully saturated rings. The Morgan fingerprint density at radius 1 is 0.933 bits per heavy atom. The fraction of sp³-hybridized carbons (Fsp3) is 0.0455. The van der Waals surface area contributed by atoms with E-state index in [1.807, 2.05) is 6.07 Å². The summed E-state index contributed by atoms with van der Waals surface area (Å²) in [7, 11) is 0. The number of nitrogens with zero attached hydrogens (tertiary/aromatic N) is 1. The van der Waals surface area contributed by atoms with Crippen LogP contribution in [0, 0.1) is 0 Å². The molecule has 0 aliphatic carbocycles. The summed E-state index contributed by atoms with van der Waals surface area (Å²) in [6.45, 7) is -0.272. The van der Waals surface area contributed by atoms with Crippen molar-refractivity contribution in [1.82, 2.24) is 5.43 Å². The van der Waals surface area contributed by atoms with Crippen molar-refractivity contribution in [2.45, 2.75) is 0 Å². The van der Waals surface area contributed by atoms with Crippen molar-refractivity contribution in [1.29, 1.82) is 0 Å². The number of halogens is 2. The molecule has 6 nitrogen and oxygen atoms in total. The largest absolute Gasteiger partial charge is 0.482 e. The second-order valence-corrected chi connectivity index (χ2v) is 6.74. The summed E-state index contributed by atoms with van der Waals surface area (Å²) >= 11 is 11.9. The highest BCUT2D eigenvalue weighted by molar-refractivity contribution is 6.42. The van der Waals surface area contributed by atoms with Crippen LogP contribution in [0.2, 0.25) is 10.0 Å². The first-order chi connectivity index (χ1) is 14.5. The van der Waals surface area contributed by atoms with Gasteiger partial charge in [-0.15, -0.1) is 0 Å². The third-order valence-corrected chi connectivity index (χ3v) is 4.58. The first-order valence-electron chi connectivity index (χ1n) is 8.79. The molecule has 0 heterocycles. The number of carbonyl (C=O) groups is 2. The lowest BCUT2D eigenvalue weighted by Gasteiger charge is -2.07. The van der Waals surface area contributed by atoms with E-state index in [1.165, 1.54) is 6.21 Å². The van der Waals surface area contributed by atoms with Crippen LogP contribution in [0.3, 0.4) is 0 Å². The minimum absolute atomic E-state index is 0.239. The Balaban J connectivity index is 1.47. The van der Waals surface area contributed by atoms with Gasteiger partial charge < -0.3 is 9.47 Å². The van der Waals surface area contributed by atoms with E-state index in [-0.39, 0.29) is 11.6 Å². The van der Waals surface area contributed by atoms with Gasteiger partial charge in [0, 0.05) is 0 Å². The van der Waals surface area contributed by atoms with Crippen LogP contribution in [0.1, 0.15) is 15.9 Å². The number of nitrogens with one attached hydrogen (secondary N) is 1. The van der Waals surface area contributed by atoms with E-state index in [0.717, 1.165) is 0 Å². The molecule has 0 saturated carbocycles. The van der Waals surface area contributed by atoms with Gasteiger partial charge in [-0.05, 0) is 54.1 Å². The van der Waals surface area contributed by atoms with Crippen LogP contribution < -0.4 is 14.9 Å². The Bertz CT molecular complexity index is 1050. The average molecular weight is 443 g/mol. The normalized spacial score (nSPS) is 10.6. The SMILES string of the molecule is O=C(COc1cccc(Cl)c1Cl)N/N=C/c1ccc(OC(=O)c2ccccc2)cc1. The monoisotopic (exact) mass is 442 g/mol. The van der Waals surface area contributed by atoms with Crippen molar-refractivity contribution in [3.05, 3.63) is 94.0 Å². The molecule has 0 atom stereocenters. The Kier molecular flexibility index (Phi) is 7.43. The highest BCUT2D eigenvalue weighted by Crippen LogP contribution is 2.31. The van der Waals surface area contributed by atoms with Crippen LogP contribution in [-0.4, -0.2) is 24.7 Å². The lowest BCUT2D eigenvalue weighted by molar-refractivity contribution is -0.123. The third-order valence-electron chi connectivity index (χ3n) is 3.78. The van der Waals surface area contributed by atoms with Crippen LogP contribution in [0.15, 0.2) is 77.9 Å². The molecule has 8 heteroatoms.